The van der Waals surface area contributed by atoms with Crippen LogP contribution in [0.3, 0.4) is 0 Å². The highest BCUT2D eigenvalue weighted by Crippen LogP contribution is 2.41. The summed E-state index contributed by atoms with van der Waals surface area (Å²) in [6.07, 6.45) is 4.70. The maximum atomic E-state index is 12.0. The van der Waals surface area contributed by atoms with Gasteiger partial charge in [-0.1, -0.05) is 0 Å². The van der Waals surface area contributed by atoms with E-state index in [-0.39, 0.29) is 5.91 Å². The molecule has 1 amide bonds. The first-order valence-corrected chi connectivity index (χ1v) is 8.52. The van der Waals surface area contributed by atoms with Gasteiger partial charge in [-0.25, -0.2) is 9.97 Å². The van der Waals surface area contributed by atoms with Crippen molar-refractivity contribution in [3.63, 3.8) is 0 Å². The van der Waals surface area contributed by atoms with Crippen LogP contribution in [0.1, 0.15) is 19.8 Å². The van der Waals surface area contributed by atoms with Crippen LogP contribution in [0, 0.1) is 11.8 Å². The Morgan fingerprint density at radius 1 is 1.38 bits per heavy atom. The van der Waals surface area contributed by atoms with Crippen molar-refractivity contribution in [2.45, 2.75) is 31.9 Å². The van der Waals surface area contributed by atoms with Crippen LogP contribution in [0.15, 0.2) is 18.6 Å². The first-order valence-electron chi connectivity index (χ1n) is 8.52. The van der Waals surface area contributed by atoms with Gasteiger partial charge in [-0.2, -0.15) is 0 Å². The van der Waals surface area contributed by atoms with Gasteiger partial charge in [0.2, 0.25) is 0 Å². The summed E-state index contributed by atoms with van der Waals surface area (Å²) in [5, 5.41) is 10.5. The molecule has 0 radical (unpaired) electrons. The molecule has 3 heterocycles. The van der Waals surface area contributed by atoms with Crippen molar-refractivity contribution in [2.24, 2.45) is 11.8 Å². The molecular weight excluding hydrogens is 306 g/mol. The molecule has 2 aliphatic rings. The van der Waals surface area contributed by atoms with Crippen LogP contribution in [0.4, 0.5) is 5.82 Å². The molecule has 1 aliphatic carbocycles. The maximum Gasteiger partial charge on any atom is 0.251 e. The number of rotatable bonds is 3. The summed E-state index contributed by atoms with van der Waals surface area (Å²) in [5.74, 6) is 1.86. The number of nitrogens with zero attached hydrogens (tertiary/aromatic N) is 4. The van der Waals surface area contributed by atoms with Crippen molar-refractivity contribution in [1.29, 1.82) is 0 Å². The van der Waals surface area contributed by atoms with E-state index in [1.807, 2.05) is 17.2 Å². The van der Waals surface area contributed by atoms with Crippen molar-refractivity contribution in [3.05, 3.63) is 18.6 Å². The number of aromatic nitrogens is 3. The lowest BCUT2D eigenvalue weighted by Gasteiger charge is -2.28. The minimum absolute atomic E-state index is 0.140. The average Bonchev–Trinajstić information content (AvgIpc) is 3.26. The number of likely N-dealkylation sites (tertiary alicyclic amines) is 1. The summed E-state index contributed by atoms with van der Waals surface area (Å²) < 4.78 is 0. The van der Waals surface area contributed by atoms with Crippen LogP contribution < -0.4 is 4.90 Å². The molecule has 0 bridgehead atoms. The zero-order valence-electron chi connectivity index (χ0n) is 14.0. The van der Waals surface area contributed by atoms with Crippen LogP contribution in [0.2, 0.25) is 0 Å². The second kappa shape index (κ2) is 5.73. The second-order valence-corrected chi connectivity index (χ2v) is 7.11. The maximum absolute atomic E-state index is 12.0. The van der Waals surface area contributed by atoms with Crippen LogP contribution >= 0.6 is 0 Å². The lowest BCUT2D eigenvalue weighted by Crippen LogP contribution is -2.38. The number of hydrogen-bond donors (Lipinski definition) is 2. The molecule has 4 atom stereocenters. The summed E-state index contributed by atoms with van der Waals surface area (Å²) in [5.41, 5.74) is 0.860. The summed E-state index contributed by atoms with van der Waals surface area (Å²) in [4.78, 5) is 27.9. The van der Waals surface area contributed by atoms with Crippen molar-refractivity contribution in [2.75, 3.05) is 25.0 Å². The number of aliphatic hydroxyl groups is 1. The van der Waals surface area contributed by atoms with Gasteiger partial charge in [0.25, 0.3) is 5.91 Å². The number of nitrogens with one attached hydrogen (secondary N) is 1. The van der Waals surface area contributed by atoms with Gasteiger partial charge in [-0.05, 0) is 37.7 Å². The highest BCUT2D eigenvalue weighted by atomic mass is 16.3. The van der Waals surface area contributed by atoms with E-state index in [0.29, 0.717) is 17.9 Å². The molecule has 24 heavy (non-hydrogen) atoms. The summed E-state index contributed by atoms with van der Waals surface area (Å²) in [7, 11) is 2.10. The number of fused-ring (bicyclic) bond motifs is 2. The van der Waals surface area contributed by atoms with Gasteiger partial charge < -0.3 is 19.9 Å². The van der Waals surface area contributed by atoms with Gasteiger partial charge in [0.1, 0.15) is 23.9 Å². The van der Waals surface area contributed by atoms with E-state index in [1.165, 1.54) is 0 Å². The van der Waals surface area contributed by atoms with E-state index in [0.717, 1.165) is 42.8 Å². The van der Waals surface area contributed by atoms with E-state index >= 15 is 0 Å². The zero-order valence-corrected chi connectivity index (χ0v) is 14.0. The molecule has 0 aromatic carbocycles. The van der Waals surface area contributed by atoms with Gasteiger partial charge >= 0.3 is 0 Å². The molecule has 2 aromatic rings. The predicted octanol–water partition coefficient (Wildman–Crippen LogP) is 1.01. The average molecular weight is 329 g/mol. The molecule has 2 aromatic heterocycles. The van der Waals surface area contributed by atoms with Crippen LogP contribution in [0.5, 0.6) is 0 Å². The molecule has 0 spiro atoms. The summed E-state index contributed by atoms with van der Waals surface area (Å²) in [6.45, 7) is 3.08. The molecule has 7 heteroatoms. The second-order valence-electron chi connectivity index (χ2n) is 7.11. The summed E-state index contributed by atoms with van der Waals surface area (Å²) >= 11 is 0. The monoisotopic (exact) mass is 329 g/mol. The Bertz CT molecular complexity index is 744. The van der Waals surface area contributed by atoms with Crippen molar-refractivity contribution >= 4 is 22.8 Å². The third-order valence-corrected chi connectivity index (χ3v) is 5.61. The molecule has 128 valence electrons. The Kier molecular flexibility index (Phi) is 3.68. The van der Waals surface area contributed by atoms with Crippen molar-refractivity contribution < 1.29 is 9.90 Å². The van der Waals surface area contributed by atoms with Crippen LogP contribution in [-0.2, 0) is 4.79 Å². The Hall–Kier alpha value is -2.15. The normalized spacial score (nSPS) is 27.5. The van der Waals surface area contributed by atoms with Crippen LogP contribution in [0.25, 0.3) is 11.0 Å². The number of H-pyrrole nitrogens is 1. The van der Waals surface area contributed by atoms with Crippen LogP contribution in [-0.4, -0.2) is 63.1 Å². The lowest BCUT2D eigenvalue weighted by atomic mass is 10.0. The predicted molar refractivity (Wildman–Crippen MR) is 90.6 cm³/mol. The van der Waals surface area contributed by atoms with Crippen molar-refractivity contribution in [3.8, 4) is 0 Å². The first kappa shape index (κ1) is 15.4. The molecule has 7 nitrogen and oxygen atoms in total. The smallest absolute Gasteiger partial charge is 0.251 e. The minimum atomic E-state index is -0.898. The standard InChI is InChI=1S/C17H23N5O2/c1-10(23)17(24)22-7-11-5-13(6-12(11)8-22)21(2)16-14-3-4-18-15(14)19-9-20-16/h3-4,9-13,23H,5-8H2,1-2H3,(H,18,19,20)/t10-,11+,12?,13?/m1/s1. The van der Waals surface area contributed by atoms with E-state index in [1.54, 1.807) is 13.3 Å². The molecule has 2 fully saturated rings. The molecule has 4 rings (SSSR count). The highest BCUT2D eigenvalue weighted by molar-refractivity contribution is 5.87. The molecule has 1 saturated heterocycles. The number of amides is 1. The molecule has 2 unspecified atom stereocenters. The third-order valence-electron chi connectivity index (χ3n) is 5.61. The van der Waals surface area contributed by atoms with Gasteiger partial charge in [0.15, 0.2) is 0 Å². The Morgan fingerprint density at radius 3 is 2.75 bits per heavy atom. The first-order chi connectivity index (χ1) is 11.5. The van der Waals surface area contributed by atoms with Gasteiger partial charge in [-0.15, -0.1) is 0 Å². The lowest BCUT2D eigenvalue weighted by molar-refractivity contribution is -0.138. The quantitative estimate of drug-likeness (QED) is 0.878. The van der Waals surface area contributed by atoms with E-state index < -0.39 is 6.10 Å². The van der Waals surface area contributed by atoms with Gasteiger partial charge in [0.05, 0.1) is 5.39 Å². The largest absolute Gasteiger partial charge is 0.384 e. The number of hydrogen-bond acceptors (Lipinski definition) is 5. The fourth-order valence-electron chi connectivity index (χ4n) is 4.34. The van der Waals surface area contributed by atoms with Gasteiger partial charge in [0, 0.05) is 32.4 Å². The van der Waals surface area contributed by atoms with E-state index in [2.05, 4.69) is 26.9 Å². The number of aromatic amines is 1. The highest BCUT2D eigenvalue weighted by Gasteiger charge is 2.44. The molecule has 1 aliphatic heterocycles. The van der Waals surface area contributed by atoms with Gasteiger partial charge in [-0.3, -0.25) is 4.79 Å². The summed E-state index contributed by atoms with van der Waals surface area (Å²) in [6, 6.07) is 2.44. The zero-order chi connectivity index (χ0) is 16.8. The molecule has 2 N–H and O–H groups in total. The molecule has 1 saturated carbocycles. The number of aliphatic hydroxyl groups excluding tert-OH is 1. The number of carbonyl (C=O) groups excluding carboxylic acids is 1. The Labute approximate surface area is 140 Å². The number of carbonyl (C=O) groups is 1. The fraction of sp³-hybridized carbons (Fsp3) is 0.588. The Morgan fingerprint density at radius 2 is 2.08 bits per heavy atom. The fourth-order valence-corrected chi connectivity index (χ4v) is 4.34. The minimum Gasteiger partial charge on any atom is -0.384 e. The van der Waals surface area contributed by atoms with Crippen molar-refractivity contribution in [1.82, 2.24) is 19.9 Å². The topological polar surface area (TPSA) is 85.3 Å². The Balaban J connectivity index is 1.47. The van der Waals surface area contributed by atoms with E-state index in [4.69, 9.17) is 0 Å². The molecular formula is C17H23N5O2. The SMILES string of the molecule is C[C@@H](O)C(=O)N1CC2CC(N(C)c3ncnc4[nH]ccc34)C[C@H]2C1. The van der Waals surface area contributed by atoms with E-state index in [9.17, 15) is 9.90 Å². The third kappa shape index (κ3) is 2.43. The number of anilines is 1.